The molecule has 122 valence electrons. The molecule has 4 heteroatoms. The molecule has 0 bridgehead atoms. The maximum atomic E-state index is 5.49. The number of H-pyrrole nitrogens is 1. The van der Waals surface area contributed by atoms with E-state index in [1.54, 1.807) is 0 Å². The number of ether oxygens (including phenoxy) is 1. The van der Waals surface area contributed by atoms with Gasteiger partial charge in [0.15, 0.2) is 0 Å². The molecule has 1 unspecified atom stereocenters. The minimum Gasteiger partial charge on any atom is -0.381 e. The van der Waals surface area contributed by atoms with Crippen molar-refractivity contribution in [2.75, 3.05) is 32.8 Å². The van der Waals surface area contributed by atoms with Crippen LogP contribution in [0, 0.1) is 5.92 Å². The molecule has 2 aliphatic heterocycles. The average Bonchev–Trinajstić information content (AvgIpc) is 3.21. The first-order valence-electron chi connectivity index (χ1n) is 8.82. The van der Waals surface area contributed by atoms with Gasteiger partial charge in [0.2, 0.25) is 0 Å². The van der Waals surface area contributed by atoms with Crippen LogP contribution in [0.25, 0.3) is 11.3 Å². The van der Waals surface area contributed by atoms with Crippen molar-refractivity contribution in [2.24, 2.45) is 5.92 Å². The highest BCUT2D eigenvalue weighted by molar-refractivity contribution is 5.64. The van der Waals surface area contributed by atoms with Crippen LogP contribution >= 0.6 is 0 Å². The van der Waals surface area contributed by atoms with Crippen molar-refractivity contribution in [2.45, 2.75) is 25.7 Å². The van der Waals surface area contributed by atoms with Gasteiger partial charge in [0.1, 0.15) is 0 Å². The van der Waals surface area contributed by atoms with Gasteiger partial charge < -0.3 is 9.64 Å². The van der Waals surface area contributed by atoms with Crippen LogP contribution in [0.3, 0.4) is 0 Å². The maximum absolute atomic E-state index is 5.49. The van der Waals surface area contributed by atoms with Gasteiger partial charge in [-0.3, -0.25) is 5.10 Å². The first kappa shape index (κ1) is 14.9. The summed E-state index contributed by atoms with van der Waals surface area (Å²) >= 11 is 0. The molecule has 1 aromatic carbocycles. The standard InChI is InChI=1S/C19H25N3O/c1-2-4-16(5-3-1)19-17-7-11-22(12-8-18(17)20-21-19)10-6-15-9-13-23-14-15/h1-5,15H,6-14H2,(H,20,21). The molecule has 1 aromatic heterocycles. The van der Waals surface area contributed by atoms with Crippen LogP contribution in [0.15, 0.2) is 30.3 Å². The van der Waals surface area contributed by atoms with Gasteiger partial charge >= 0.3 is 0 Å². The zero-order chi connectivity index (χ0) is 15.5. The highest BCUT2D eigenvalue weighted by Gasteiger charge is 2.22. The molecule has 0 saturated carbocycles. The van der Waals surface area contributed by atoms with Crippen molar-refractivity contribution in [3.05, 3.63) is 41.6 Å². The Bertz CT molecular complexity index is 631. The summed E-state index contributed by atoms with van der Waals surface area (Å²) in [6, 6.07) is 10.5. The molecule has 1 saturated heterocycles. The number of aromatic nitrogens is 2. The van der Waals surface area contributed by atoms with E-state index in [4.69, 9.17) is 4.74 Å². The van der Waals surface area contributed by atoms with E-state index in [2.05, 4.69) is 45.4 Å². The summed E-state index contributed by atoms with van der Waals surface area (Å²) in [7, 11) is 0. The summed E-state index contributed by atoms with van der Waals surface area (Å²) in [6.07, 6.45) is 4.69. The number of benzene rings is 1. The first-order valence-corrected chi connectivity index (χ1v) is 8.82. The molecule has 2 aromatic rings. The Kier molecular flexibility index (Phi) is 4.44. The highest BCUT2D eigenvalue weighted by atomic mass is 16.5. The van der Waals surface area contributed by atoms with Crippen molar-refractivity contribution >= 4 is 0 Å². The lowest BCUT2D eigenvalue weighted by atomic mass is 10.0. The fourth-order valence-corrected chi connectivity index (χ4v) is 3.76. The summed E-state index contributed by atoms with van der Waals surface area (Å²) in [5, 5.41) is 7.87. The van der Waals surface area contributed by atoms with Crippen molar-refractivity contribution < 1.29 is 4.74 Å². The second kappa shape index (κ2) is 6.85. The first-order chi connectivity index (χ1) is 11.4. The molecule has 0 spiro atoms. The van der Waals surface area contributed by atoms with E-state index in [9.17, 15) is 0 Å². The molecular weight excluding hydrogens is 286 g/mol. The zero-order valence-corrected chi connectivity index (χ0v) is 13.6. The zero-order valence-electron chi connectivity index (χ0n) is 13.6. The summed E-state index contributed by atoms with van der Waals surface area (Å²) in [6.45, 7) is 5.40. The number of rotatable bonds is 4. The lowest BCUT2D eigenvalue weighted by Gasteiger charge is -2.21. The molecule has 1 N–H and O–H groups in total. The van der Waals surface area contributed by atoms with Crippen LogP contribution in [0.1, 0.15) is 24.1 Å². The summed E-state index contributed by atoms with van der Waals surface area (Å²) < 4.78 is 5.49. The molecular formula is C19H25N3O. The lowest BCUT2D eigenvalue weighted by molar-refractivity contribution is 0.178. The van der Waals surface area contributed by atoms with E-state index >= 15 is 0 Å². The Morgan fingerprint density at radius 3 is 2.87 bits per heavy atom. The van der Waals surface area contributed by atoms with Gasteiger partial charge in [-0.25, -0.2) is 0 Å². The molecule has 4 nitrogen and oxygen atoms in total. The highest BCUT2D eigenvalue weighted by Crippen LogP contribution is 2.26. The molecule has 1 atom stereocenters. The summed E-state index contributed by atoms with van der Waals surface area (Å²) in [4.78, 5) is 2.61. The SMILES string of the molecule is c1ccc(-c2n[nH]c3c2CCN(CCC2CCOC2)CC3)cc1. The molecule has 23 heavy (non-hydrogen) atoms. The topological polar surface area (TPSA) is 41.2 Å². The minimum atomic E-state index is 0.776. The van der Waals surface area contributed by atoms with Crippen LogP contribution in [-0.4, -0.2) is 47.9 Å². The van der Waals surface area contributed by atoms with Crippen molar-refractivity contribution in [1.29, 1.82) is 0 Å². The largest absolute Gasteiger partial charge is 0.381 e. The van der Waals surface area contributed by atoms with Crippen molar-refractivity contribution in [3.8, 4) is 11.3 Å². The lowest BCUT2D eigenvalue weighted by Crippen LogP contribution is -2.29. The Morgan fingerprint density at radius 1 is 1.17 bits per heavy atom. The van der Waals surface area contributed by atoms with Gasteiger partial charge in [0, 0.05) is 49.5 Å². The number of fused-ring (bicyclic) bond motifs is 1. The predicted octanol–water partition coefficient (Wildman–Crippen LogP) is 2.90. The van der Waals surface area contributed by atoms with Gasteiger partial charge in [-0.15, -0.1) is 0 Å². The van der Waals surface area contributed by atoms with E-state index in [1.165, 1.54) is 36.2 Å². The fraction of sp³-hybridized carbons (Fsp3) is 0.526. The Hall–Kier alpha value is -1.65. The van der Waals surface area contributed by atoms with E-state index in [0.717, 1.165) is 50.8 Å². The van der Waals surface area contributed by atoms with Crippen LogP contribution in [0.4, 0.5) is 0 Å². The van der Waals surface area contributed by atoms with Crippen molar-refractivity contribution in [1.82, 2.24) is 15.1 Å². The van der Waals surface area contributed by atoms with E-state index in [-0.39, 0.29) is 0 Å². The van der Waals surface area contributed by atoms with Crippen molar-refractivity contribution in [3.63, 3.8) is 0 Å². The van der Waals surface area contributed by atoms with E-state index in [1.807, 2.05) is 0 Å². The van der Waals surface area contributed by atoms with Crippen LogP contribution in [0.5, 0.6) is 0 Å². The minimum absolute atomic E-state index is 0.776. The van der Waals surface area contributed by atoms with Crippen LogP contribution in [-0.2, 0) is 17.6 Å². The number of nitrogens with one attached hydrogen (secondary N) is 1. The van der Waals surface area contributed by atoms with E-state index < -0.39 is 0 Å². The monoisotopic (exact) mass is 311 g/mol. The van der Waals surface area contributed by atoms with Gasteiger partial charge in [0.05, 0.1) is 5.69 Å². The van der Waals surface area contributed by atoms with Gasteiger partial charge in [0.25, 0.3) is 0 Å². The van der Waals surface area contributed by atoms with Crippen LogP contribution < -0.4 is 0 Å². The average molecular weight is 311 g/mol. The molecule has 0 amide bonds. The number of hydrogen-bond acceptors (Lipinski definition) is 3. The van der Waals surface area contributed by atoms with Crippen LogP contribution in [0.2, 0.25) is 0 Å². The maximum Gasteiger partial charge on any atom is 0.0955 e. The Balaban J connectivity index is 1.42. The second-order valence-corrected chi connectivity index (χ2v) is 6.76. The number of hydrogen-bond donors (Lipinski definition) is 1. The number of nitrogens with zero attached hydrogens (tertiary/aromatic N) is 2. The molecule has 1 fully saturated rings. The normalized spacial score (nSPS) is 22.0. The summed E-state index contributed by atoms with van der Waals surface area (Å²) in [5.74, 6) is 0.776. The molecule has 2 aliphatic rings. The third-order valence-electron chi connectivity index (χ3n) is 5.23. The van der Waals surface area contributed by atoms with Gasteiger partial charge in [-0.05, 0) is 31.7 Å². The van der Waals surface area contributed by atoms with E-state index in [0.29, 0.717) is 0 Å². The van der Waals surface area contributed by atoms with Gasteiger partial charge in [-0.2, -0.15) is 5.10 Å². The Morgan fingerprint density at radius 2 is 2.04 bits per heavy atom. The molecule has 4 rings (SSSR count). The fourth-order valence-electron chi connectivity index (χ4n) is 3.76. The summed E-state index contributed by atoms with van der Waals surface area (Å²) in [5.41, 5.74) is 5.12. The molecule has 0 radical (unpaired) electrons. The molecule has 0 aliphatic carbocycles. The van der Waals surface area contributed by atoms with Gasteiger partial charge in [-0.1, -0.05) is 30.3 Å². The Labute approximate surface area is 137 Å². The quantitative estimate of drug-likeness (QED) is 0.944. The smallest absolute Gasteiger partial charge is 0.0955 e. The predicted molar refractivity (Wildman–Crippen MR) is 91.4 cm³/mol. The number of aromatic amines is 1. The molecule has 3 heterocycles. The third kappa shape index (κ3) is 3.33. The second-order valence-electron chi connectivity index (χ2n) is 6.76. The third-order valence-corrected chi connectivity index (χ3v) is 5.23.